The number of imide groups is 1. The van der Waals surface area contributed by atoms with E-state index in [0.29, 0.717) is 5.69 Å². The Morgan fingerprint density at radius 1 is 0.853 bits per heavy atom. The summed E-state index contributed by atoms with van der Waals surface area (Å²) in [6.07, 6.45) is -3.79. The van der Waals surface area contributed by atoms with E-state index in [1.165, 1.54) is 12.1 Å². The average molecular weight is 484 g/mol. The molecule has 0 N–H and O–H groups in total. The molecule has 0 aromatic heterocycles. The Bertz CT molecular complexity index is 1230. The number of hydroxylamine groups is 1. The first-order chi connectivity index (χ1) is 16.3. The lowest BCUT2D eigenvalue weighted by Crippen LogP contribution is -2.37. The SMILES string of the molecule is CSc1ccc(C2C3C(=O)N(c4cccc(C(F)(F)F)c4)C(=O)C3ON2c2ccccc2)cc1. The molecule has 2 aliphatic rings. The first-order valence-corrected chi connectivity index (χ1v) is 11.7. The highest BCUT2D eigenvalue weighted by atomic mass is 32.2. The third-order valence-corrected chi connectivity index (χ3v) is 6.76. The van der Waals surface area contributed by atoms with Crippen molar-refractivity contribution >= 4 is 35.0 Å². The number of anilines is 2. The number of nitrogens with zero attached hydrogens (tertiary/aromatic N) is 2. The minimum Gasteiger partial charge on any atom is -0.273 e. The van der Waals surface area contributed by atoms with Gasteiger partial charge < -0.3 is 0 Å². The van der Waals surface area contributed by atoms with Gasteiger partial charge in [-0.1, -0.05) is 36.4 Å². The van der Waals surface area contributed by atoms with Crippen LogP contribution in [0.4, 0.5) is 24.5 Å². The van der Waals surface area contributed by atoms with E-state index in [1.54, 1.807) is 16.8 Å². The Morgan fingerprint density at radius 2 is 1.53 bits per heavy atom. The predicted molar refractivity (Wildman–Crippen MR) is 122 cm³/mol. The Balaban J connectivity index is 1.56. The van der Waals surface area contributed by atoms with Gasteiger partial charge in [0.1, 0.15) is 5.92 Å². The molecule has 0 spiro atoms. The molecule has 2 amide bonds. The molecule has 2 fully saturated rings. The predicted octanol–water partition coefficient (Wildman–Crippen LogP) is 5.48. The Hall–Kier alpha value is -3.30. The second-order valence-corrected chi connectivity index (χ2v) is 8.87. The molecule has 3 aromatic rings. The largest absolute Gasteiger partial charge is 0.416 e. The van der Waals surface area contributed by atoms with Gasteiger partial charge in [-0.25, -0.2) is 9.96 Å². The maximum atomic E-state index is 13.6. The van der Waals surface area contributed by atoms with Crippen LogP contribution in [-0.4, -0.2) is 24.2 Å². The Kier molecular flexibility index (Phi) is 5.61. The molecule has 0 saturated carbocycles. The lowest BCUT2D eigenvalue weighted by Gasteiger charge is -2.29. The van der Waals surface area contributed by atoms with Crippen LogP contribution in [0.15, 0.2) is 83.8 Å². The van der Waals surface area contributed by atoms with Gasteiger partial charge in [-0.15, -0.1) is 11.8 Å². The van der Waals surface area contributed by atoms with Gasteiger partial charge in [0.2, 0.25) is 5.91 Å². The molecule has 2 saturated heterocycles. The highest BCUT2D eigenvalue weighted by molar-refractivity contribution is 7.98. The third kappa shape index (κ3) is 3.74. The quantitative estimate of drug-likeness (QED) is 0.363. The summed E-state index contributed by atoms with van der Waals surface area (Å²) in [5.74, 6) is -2.19. The Labute approximate surface area is 198 Å². The molecule has 3 unspecified atom stereocenters. The summed E-state index contributed by atoms with van der Waals surface area (Å²) < 4.78 is 39.7. The van der Waals surface area contributed by atoms with E-state index in [4.69, 9.17) is 4.84 Å². The monoisotopic (exact) mass is 484 g/mol. The zero-order chi connectivity index (χ0) is 24.0. The number of amides is 2. The van der Waals surface area contributed by atoms with E-state index < -0.39 is 41.6 Å². The second-order valence-electron chi connectivity index (χ2n) is 7.99. The topological polar surface area (TPSA) is 49.9 Å². The molecule has 2 aliphatic heterocycles. The molecular formula is C25H19F3N2O3S. The van der Waals surface area contributed by atoms with Crippen molar-refractivity contribution in [2.24, 2.45) is 5.92 Å². The van der Waals surface area contributed by atoms with Crippen LogP contribution in [0.2, 0.25) is 0 Å². The van der Waals surface area contributed by atoms with Crippen LogP contribution in [0.25, 0.3) is 0 Å². The van der Waals surface area contributed by atoms with Crippen LogP contribution in [0, 0.1) is 5.92 Å². The molecule has 174 valence electrons. The number of benzene rings is 3. The average Bonchev–Trinajstić information content (AvgIpc) is 3.35. The summed E-state index contributed by atoms with van der Waals surface area (Å²) in [7, 11) is 0. The molecular weight excluding hydrogens is 465 g/mol. The lowest BCUT2D eigenvalue weighted by molar-refractivity contribution is -0.137. The van der Waals surface area contributed by atoms with Crippen molar-refractivity contribution in [2.45, 2.75) is 23.2 Å². The number of thioether (sulfide) groups is 1. The van der Waals surface area contributed by atoms with Crippen molar-refractivity contribution in [3.8, 4) is 0 Å². The fourth-order valence-corrected chi connectivity index (χ4v) is 4.84. The van der Waals surface area contributed by atoms with Crippen molar-refractivity contribution in [3.63, 3.8) is 0 Å². The second kappa shape index (κ2) is 8.48. The summed E-state index contributed by atoms with van der Waals surface area (Å²) in [6, 6.07) is 20.3. The van der Waals surface area contributed by atoms with E-state index in [2.05, 4.69) is 0 Å². The summed E-state index contributed by atoms with van der Waals surface area (Å²) in [6.45, 7) is 0. The van der Waals surface area contributed by atoms with Crippen molar-refractivity contribution in [1.82, 2.24) is 0 Å². The number of rotatable bonds is 4. The van der Waals surface area contributed by atoms with Crippen LogP contribution in [0.1, 0.15) is 17.2 Å². The van der Waals surface area contributed by atoms with Crippen molar-refractivity contribution in [2.75, 3.05) is 16.2 Å². The molecule has 3 aromatic carbocycles. The van der Waals surface area contributed by atoms with Gasteiger partial charge in [0.05, 0.1) is 23.0 Å². The van der Waals surface area contributed by atoms with Crippen LogP contribution in [0.3, 0.4) is 0 Å². The highest BCUT2D eigenvalue weighted by Crippen LogP contribution is 2.48. The number of fused-ring (bicyclic) bond motifs is 1. The smallest absolute Gasteiger partial charge is 0.273 e. The van der Waals surface area contributed by atoms with Gasteiger partial charge in [0, 0.05) is 4.90 Å². The van der Waals surface area contributed by atoms with Crippen LogP contribution in [-0.2, 0) is 20.6 Å². The van der Waals surface area contributed by atoms with Gasteiger partial charge >= 0.3 is 6.18 Å². The summed E-state index contributed by atoms with van der Waals surface area (Å²) in [5, 5.41) is 1.56. The van der Waals surface area contributed by atoms with E-state index in [-0.39, 0.29) is 5.69 Å². The summed E-state index contributed by atoms with van der Waals surface area (Å²) in [4.78, 5) is 34.7. The standard InChI is InChI=1S/C25H19F3N2O3S/c1-34-19-12-10-15(11-13-19)21-20-22(33-30(21)17-7-3-2-4-8-17)24(32)29(23(20)31)18-9-5-6-16(14-18)25(26,27)28/h2-14,20-22H,1H3. The maximum absolute atomic E-state index is 13.6. The van der Waals surface area contributed by atoms with Crippen LogP contribution >= 0.6 is 11.8 Å². The molecule has 0 bridgehead atoms. The highest BCUT2D eigenvalue weighted by Gasteiger charge is 2.60. The minimum absolute atomic E-state index is 0.120. The van der Waals surface area contributed by atoms with Crippen molar-refractivity contribution in [3.05, 3.63) is 90.0 Å². The molecule has 5 rings (SSSR count). The van der Waals surface area contributed by atoms with E-state index in [1.807, 2.05) is 60.9 Å². The van der Waals surface area contributed by atoms with E-state index >= 15 is 0 Å². The number of carbonyl (C=O) groups excluding carboxylic acids is 2. The molecule has 3 atom stereocenters. The molecule has 0 aliphatic carbocycles. The van der Waals surface area contributed by atoms with E-state index in [0.717, 1.165) is 27.5 Å². The number of para-hydroxylation sites is 1. The van der Waals surface area contributed by atoms with E-state index in [9.17, 15) is 22.8 Å². The number of halogens is 3. The van der Waals surface area contributed by atoms with Gasteiger partial charge in [-0.05, 0) is 54.3 Å². The van der Waals surface area contributed by atoms with Gasteiger partial charge in [0.25, 0.3) is 5.91 Å². The molecule has 9 heteroatoms. The number of carbonyl (C=O) groups is 2. The zero-order valence-corrected chi connectivity index (χ0v) is 18.7. The van der Waals surface area contributed by atoms with Gasteiger partial charge in [0.15, 0.2) is 6.10 Å². The summed E-state index contributed by atoms with van der Waals surface area (Å²) >= 11 is 1.57. The normalized spacial score (nSPS) is 22.4. The zero-order valence-electron chi connectivity index (χ0n) is 17.9. The van der Waals surface area contributed by atoms with Gasteiger partial charge in [-0.3, -0.25) is 14.4 Å². The fraction of sp³-hybridized carbons (Fsp3) is 0.200. The molecule has 5 nitrogen and oxygen atoms in total. The first-order valence-electron chi connectivity index (χ1n) is 10.5. The maximum Gasteiger partial charge on any atom is 0.416 e. The Morgan fingerprint density at radius 3 is 2.18 bits per heavy atom. The number of alkyl halides is 3. The number of hydrogen-bond donors (Lipinski definition) is 0. The fourth-order valence-electron chi connectivity index (χ4n) is 4.43. The van der Waals surface area contributed by atoms with Crippen LogP contribution < -0.4 is 9.96 Å². The molecule has 2 heterocycles. The summed E-state index contributed by atoms with van der Waals surface area (Å²) in [5.41, 5.74) is 0.382. The third-order valence-electron chi connectivity index (χ3n) is 6.02. The number of hydrogen-bond acceptors (Lipinski definition) is 5. The molecule has 0 radical (unpaired) electrons. The lowest BCUT2D eigenvalue weighted by atomic mass is 9.90. The van der Waals surface area contributed by atoms with Crippen molar-refractivity contribution in [1.29, 1.82) is 0 Å². The first kappa shape index (κ1) is 22.5. The van der Waals surface area contributed by atoms with Crippen molar-refractivity contribution < 1.29 is 27.6 Å². The minimum atomic E-state index is -4.60. The molecule has 34 heavy (non-hydrogen) atoms. The van der Waals surface area contributed by atoms with Crippen LogP contribution in [0.5, 0.6) is 0 Å². The van der Waals surface area contributed by atoms with Gasteiger partial charge in [-0.2, -0.15) is 13.2 Å².